The maximum absolute atomic E-state index is 11.1. The van der Waals surface area contributed by atoms with Gasteiger partial charge in [-0.05, 0) is 36.4 Å². The molecule has 0 radical (unpaired) electrons. The van der Waals surface area contributed by atoms with Crippen molar-refractivity contribution in [2.24, 2.45) is 0 Å². The van der Waals surface area contributed by atoms with Crippen LogP contribution in [0.25, 0.3) is 0 Å². The molecule has 0 aliphatic heterocycles. The van der Waals surface area contributed by atoms with Gasteiger partial charge < -0.3 is 18.9 Å². The highest BCUT2D eigenvalue weighted by molar-refractivity contribution is 6.33. The molecule has 0 fully saturated rings. The van der Waals surface area contributed by atoms with Crippen LogP contribution in [0.3, 0.4) is 0 Å². The van der Waals surface area contributed by atoms with Gasteiger partial charge in [-0.3, -0.25) is 0 Å². The average Bonchev–Trinajstić information content (AvgIpc) is 2.88. The van der Waals surface area contributed by atoms with E-state index in [1.54, 1.807) is 72.8 Å². The SMILES string of the molecule is COC(=O)c1ccccc1.COC(=O)c1ccccc1Cl.COC(=O)c1ccccc1OC. The first-order valence-corrected chi connectivity index (χ1v) is 9.94. The number of halogens is 1. The summed E-state index contributed by atoms with van der Waals surface area (Å²) in [7, 11) is 5.55. The van der Waals surface area contributed by atoms with E-state index in [1.165, 1.54) is 28.4 Å². The maximum atomic E-state index is 11.1. The molecule has 8 heteroatoms. The Bertz CT molecular complexity index is 1040. The maximum Gasteiger partial charge on any atom is 0.341 e. The highest BCUT2D eigenvalue weighted by Gasteiger charge is 2.10. The van der Waals surface area contributed by atoms with Crippen LogP contribution in [-0.2, 0) is 14.2 Å². The summed E-state index contributed by atoms with van der Waals surface area (Å²) in [5.74, 6) is -0.548. The third kappa shape index (κ3) is 9.04. The average molecular weight is 473 g/mol. The lowest BCUT2D eigenvalue weighted by Crippen LogP contribution is -2.03. The molecule has 3 rings (SSSR count). The van der Waals surface area contributed by atoms with Crippen LogP contribution in [0.2, 0.25) is 5.02 Å². The van der Waals surface area contributed by atoms with Crippen molar-refractivity contribution in [1.29, 1.82) is 0 Å². The minimum Gasteiger partial charge on any atom is -0.496 e. The van der Waals surface area contributed by atoms with Gasteiger partial charge in [0.05, 0.1) is 44.6 Å². The standard InChI is InChI=1S/C9H10O3.C8H7ClO2.C8H8O2/c1-11-8-6-4-3-5-7(8)9(10)12-2;1-11-8(10)6-4-2-3-5-7(6)9;1-10-8(9)7-5-3-2-4-6-7/h3-6H,1-2H3;2-5H,1H3;2-6H,1H3. The van der Waals surface area contributed by atoms with Gasteiger partial charge >= 0.3 is 17.9 Å². The minimum atomic E-state index is -0.407. The van der Waals surface area contributed by atoms with Crippen molar-refractivity contribution in [2.75, 3.05) is 28.4 Å². The zero-order valence-electron chi connectivity index (χ0n) is 18.7. The Morgan fingerprint density at radius 1 is 0.576 bits per heavy atom. The lowest BCUT2D eigenvalue weighted by atomic mass is 10.2. The summed E-state index contributed by atoms with van der Waals surface area (Å²) in [4.78, 5) is 32.8. The Labute approximate surface area is 197 Å². The monoisotopic (exact) mass is 472 g/mol. The summed E-state index contributed by atoms with van der Waals surface area (Å²) in [5, 5.41) is 0.416. The van der Waals surface area contributed by atoms with Crippen molar-refractivity contribution in [1.82, 2.24) is 0 Å². The molecule has 0 aliphatic carbocycles. The zero-order chi connectivity index (χ0) is 24.6. The van der Waals surface area contributed by atoms with Crippen LogP contribution >= 0.6 is 11.6 Å². The highest BCUT2D eigenvalue weighted by atomic mass is 35.5. The first kappa shape index (κ1) is 27.2. The molecular formula is C25H25ClO7. The van der Waals surface area contributed by atoms with E-state index >= 15 is 0 Å². The van der Waals surface area contributed by atoms with Crippen LogP contribution in [0, 0.1) is 0 Å². The van der Waals surface area contributed by atoms with Gasteiger partial charge in [-0.1, -0.05) is 54.1 Å². The van der Waals surface area contributed by atoms with Crippen LogP contribution in [0.4, 0.5) is 0 Å². The van der Waals surface area contributed by atoms with Crippen LogP contribution < -0.4 is 4.74 Å². The first-order valence-electron chi connectivity index (χ1n) is 9.57. The van der Waals surface area contributed by atoms with E-state index in [9.17, 15) is 14.4 Å². The number of hydrogen-bond donors (Lipinski definition) is 0. The molecule has 174 valence electrons. The van der Waals surface area contributed by atoms with Crippen molar-refractivity contribution in [2.45, 2.75) is 0 Å². The number of benzene rings is 3. The van der Waals surface area contributed by atoms with Gasteiger partial charge in [0.2, 0.25) is 0 Å². The van der Waals surface area contributed by atoms with Crippen molar-refractivity contribution >= 4 is 29.5 Å². The predicted molar refractivity (Wildman–Crippen MR) is 125 cm³/mol. The fourth-order valence-corrected chi connectivity index (χ4v) is 2.56. The second-order valence-electron chi connectivity index (χ2n) is 6.02. The zero-order valence-corrected chi connectivity index (χ0v) is 19.5. The summed E-state index contributed by atoms with van der Waals surface area (Å²) < 4.78 is 18.5. The van der Waals surface area contributed by atoms with Crippen molar-refractivity contribution in [3.05, 3.63) is 101 Å². The number of carbonyl (C=O) groups is 3. The molecule has 3 aromatic carbocycles. The number of ether oxygens (including phenoxy) is 4. The third-order valence-electron chi connectivity index (χ3n) is 3.99. The Morgan fingerprint density at radius 2 is 1.03 bits per heavy atom. The van der Waals surface area contributed by atoms with Gasteiger partial charge in [-0.15, -0.1) is 0 Å². The van der Waals surface area contributed by atoms with Gasteiger partial charge in [0, 0.05) is 0 Å². The van der Waals surface area contributed by atoms with Crippen molar-refractivity contribution in [3.63, 3.8) is 0 Å². The molecule has 0 spiro atoms. The topological polar surface area (TPSA) is 88.1 Å². The fourth-order valence-electron chi connectivity index (χ4n) is 2.35. The second kappa shape index (κ2) is 15.0. The molecule has 0 saturated carbocycles. The molecule has 7 nitrogen and oxygen atoms in total. The summed E-state index contributed by atoms with van der Waals surface area (Å²) in [6.07, 6.45) is 0. The second-order valence-corrected chi connectivity index (χ2v) is 6.43. The van der Waals surface area contributed by atoms with Crippen molar-refractivity contribution < 1.29 is 33.3 Å². The number of methoxy groups -OCH3 is 4. The van der Waals surface area contributed by atoms with E-state index in [0.29, 0.717) is 27.5 Å². The minimum absolute atomic E-state index is 0.291. The molecule has 0 aliphatic rings. The lowest BCUT2D eigenvalue weighted by Gasteiger charge is -2.04. The summed E-state index contributed by atoms with van der Waals surface area (Å²) in [5.41, 5.74) is 1.43. The number of rotatable bonds is 4. The van der Waals surface area contributed by atoms with Gasteiger partial charge in [0.1, 0.15) is 11.3 Å². The highest BCUT2D eigenvalue weighted by Crippen LogP contribution is 2.17. The predicted octanol–water partition coefficient (Wildman–Crippen LogP) is 5.08. The molecule has 0 N–H and O–H groups in total. The molecule has 33 heavy (non-hydrogen) atoms. The van der Waals surface area contributed by atoms with Gasteiger partial charge in [0.15, 0.2) is 0 Å². The largest absolute Gasteiger partial charge is 0.496 e. The molecule has 0 aromatic heterocycles. The number of carbonyl (C=O) groups excluding carboxylic acids is 3. The number of hydrogen-bond acceptors (Lipinski definition) is 7. The fraction of sp³-hybridized carbons (Fsp3) is 0.160. The van der Waals surface area contributed by atoms with Gasteiger partial charge in [-0.2, -0.15) is 0 Å². The van der Waals surface area contributed by atoms with E-state index in [2.05, 4.69) is 14.2 Å². The molecule has 0 amide bonds. The molecular weight excluding hydrogens is 448 g/mol. The molecule has 0 heterocycles. The Kier molecular flexibility index (Phi) is 12.4. The summed E-state index contributed by atoms with van der Waals surface area (Å²) in [6, 6.07) is 22.6. The molecule has 0 unspecified atom stereocenters. The molecule has 0 bridgehead atoms. The number of esters is 3. The van der Waals surface area contributed by atoms with Gasteiger partial charge in [0.25, 0.3) is 0 Å². The number of para-hydroxylation sites is 1. The van der Waals surface area contributed by atoms with E-state index < -0.39 is 5.97 Å². The van der Waals surface area contributed by atoms with Crippen LogP contribution in [0.1, 0.15) is 31.1 Å². The lowest BCUT2D eigenvalue weighted by molar-refractivity contribution is 0.0589. The van der Waals surface area contributed by atoms with Crippen molar-refractivity contribution in [3.8, 4) is 5.75 Å². The normalized spacial score (nSPS) is 9.12. The van der Waals surface area contributed by atoms with Crippen LogP contribution in [0.5, 0.6) is 5.75 Å². The van der Waals surface area contributed by atoms with E-state index in [4.69, 9.17) is 16.3 Å². The quantitative estimate of drug-likeness (QED) is 0.386. The van der Waals surface area contributed by atoms with Crippen LogP contribution in [-0.4, -0.2) is 46.3 Å². The summed E-state index contributed by atoms with van der Waals surface area (Å²) in [6.45, 7) is 0. The molecule has 3 aromatic rings. The van der Waals surface area contributed by atoms with E-state index in [-0.39, 0.29) is 11.9 Å². The third-order valence-corrected chi connectivity index (χ3v) is 4.32. The summed E-state index contributed by atoms with van der Waals surface area (Å²) >= 11 is 5.70. The Hall–Kier alpha value is -3.84. The van der Waals surface area contributed by atoms with Crippen LogP contribution in [0.15, 0.2) is 78.9 Å². The Morgan fingerprint density at radius 3 is 1.55 bits per heavy atom. The van der Waals surface area contributed by atoms with E-state index in [0.717, 1.165) is 0 Å². The Balaban J connectivity index is 0.000000249. The smallest absolute Gasteiger partial charge is 0.341 e. The molecule has 0 atom stereocenters. The molecule has 0 saturated heterocycles. The van der Waals surface area contributed by atoms with E-state index in [1.807, 2.05) is 6.07 Å². The van der Waals surface area contributed by atoms with Gasteiger partial charge in [-0.25, -0.2) is 14.4 Å². The first-order chi connectivity index (χ1) is 15.9.